The summed E-state index contributed by atoms with van der Waals surface area (Å²) in [7, 11) is 0. The molecule has 0 aliphatic carbocycles. The molecule has 1 N–H and O–H groups in total. The Hall–Kier alpha value is -1.06. The maximum absolute atomic E-state index is 12.8. The van der Waals surface area contributed by atoms with Gasteiger partial charge in [-0.2, -0.15) is 0 Å². The van der Waals surface area contributed by atoms with E-state index in [1.807, 2.05) is 0 Å². The molecule has 3 unspecified atom stereocenters. The van der Waals surface area contributed by atoms with Crippen molar-refractivity contribution in [2.45, 2.75) is 69.4 Å². The van der Waals surface area contributed by atoms with Crippen LogP contribution in [0.1, 0.15) is 62.8 Å². The first-order valence-corrected chi connectivity index (χ1v) is 9.86. The average Bonchev–Trinajstić information content (AvgIpc) is 2.82. The fourth-order valence-corrected chi connectivity index (χ4v) is 5.12. The molecule has 0 spiro atoms. The largest absolute Gasteiger partial charge is 0.343 e. The number of amides is 1. The van der Waals surface area contributed by atoms with Gasteiger partial charge in [-0.3, -0.25) is 4.79 Å². The van der Waals surface area contributed by atoms with Crippen LogP contribution in [-0.2, 0) is 4.79 Å². The molecule has 1 aromatic rings. The van der Waals surface area contributed by atoms with Crippen LogP contribution in [0.5, 0.6) is 0 Å². The first kappa shape index (κ1) is 18.7. The van der Waals surface area contributed by atoms with Crippen molar-refractivity contribution in [1.29, 1.82) is 0 Å². The summed E-state index contributed by atoms with van der Waals surface area (Å²) in [5.74, 6) is 1.65. The smallest absolute Gasteiger partial charge is 0.222 e. The summed E-state index contributed by atoms with van der Waals surface area (Å²) in [6, 6.07) is 12.2. The van der Waals surface area contributed by atoms with Gasteiger partial charge in [0, 0.05) is 31.6 Å². The highest BCUT2D eigenvalue weighted by atomic mass is 35.5. The van der Waals surface area contributed by atoms with Gasteiger partial charge in [0.05, 0.1) is 0 Å². The Morgan fingerprint density at radius 1 is 1.00 bits per heavy atom. The van der Waals surface area contributed by atoms with E-state index in [2.05, 4.69) is 40.5 Å². The molecule has 25 heavy (non-hydrogen) atoms. The summed E-state index contributed by atoms with van der Waals surface area (Å²) in [6.45, 7) is 1.90. The third kappa shape index (κ3) is 4.57. The normalized spacial score (nSPS) is 31.9. The maximum Gasteiger partial charge on any atom is 0.222 e. The Morgan fingerprint density at radius 3 is 2.44 bits per heavy atom. The second kappa shape index (κ2) is 8.55. The van der Waals surface area contributed by atoms with E-state index in [4.69, 9.17) is 0 Å². The summed E-state index contributed by atoms with van der Waals surface area (Å²) < 4.78 is 0. The number of nitrogens with zero attached hydrogens (tertiary/aromatic N) is 1. The van der Waals surface area contributed by atoms with Gasteiger partial charge < -0.3 is 10.2 Å². The molecule has 3 saturated heterocycles. The van der Waals surface area contributed by atoms with E-state index in [9.17, 15) is 4.79 Å². The highest BCUT2D eigenvalue weighted by Crippen LogP contribution is 2.34. The molecule has 1 amide bonds. The van der Waals surface area contributed by atoms with Gasteiger partial charge in [0.15, 0.2) is 0 Å². The number of fused-ring (bicyclic) bond motifs is 2. The highest BCUT2D eigenvalue weighted by molar-refractivity contribution is 5.85. The average molecular weight is 363 g/mol. The molecule has 4 rings (SSSR count). The first-order chi connectivity index (χ1) is 11.8. The predicted octanol–water partition coefficient (Wildman–Crippen LogP) is 4.13. The number of hydrogen-bond acceptors (Lipinski definition) is 2. The molecule has 138 valence electrons. The van der Waals surface area contributed by atoms with Crippen LogP contribution < -0.4 is 5.32 Å². The molecular formula is C21H31ClN2O. The summed E-state index contributed by atoms with van der Waals surface area (Å²) >= 11 is 0. The molecule has 4 heteroatoms. The molecular weight excluding hydrogens is 332 g/mol. The van der Waals surface area contributed by atoms with Crippen LogP contribution in [0.15, 0.2) is 30.3 Å². The van der Waals surface area contributed by atoms with E-state index < -0.39 is 0 Å². The molecule has 0 radical (unpaired) electrons. The summed E-state index contributed by atoms with van der Waals surface area (Å²) in [5, 5.41) is 3.68. The Morgan fingerprint density at radius 2 is 1.72 bits per heavy atom. The van der Waals surface area contributed by atoms with Crippen molar-refractivity contribution < 1.29 is 4.79 Å². The molecule has 2 bridgehead atoms. The number of benzene rings is 1. The SMILES string of the molecule is Cl.O=C(CC1CC2CCC(C1)N2)N1CCCC(c2ccccc2)CC1. The van der Waals surface area contributed by atoms with E-state index in [1.165, 1.54) is 37.7 Å². The molecule has 3 fully saturated rings. The van der Waals surface area contributed by atoms with Crippen LogP contribution in [0.25, 0.3) is 0 Å². The van der Waals surface area contributed by atoms with Gasteiger partial charge in [0.1, 0.15) is 0 Å². The number of rotatable bonds is 3. The van der Waals surface area contributed by atoms with E-state index in [1.54, 1.807) is 0 Å². The van der Waals surface area contributed by atoms with Crippen LogP contribution >= 0.6 is 12.4 Å². The Labute approximate surface area is 158 Å². The lowest BCUT2D eigenvalue weighted by Crippen LogP contribution is -2.40. The lowest BCUT2D eigenvalue weighted by Gasteiger charge is -2.30. The third-order valence-corrected chi connectivity index (χ3v) is 6.39. The van der Waals surface area contributed by atoms with Crippen molar-refractivity contribution in [2.24, 2.45) is 5.92 Å². The lowest BCUT2D eigenvalue weighted by atomic mass is 9.89. The van der Waals surface area contributed by atoms with Crippen molar-refractivity contribution >= 4 is 18.3 Å². The number of likely N-dealkylation sites (tertiary alicyclic amines) is 1. The first-order valence-electron chi connectivity index (χ1n) is 9.86. The molecule has 3 aliphatic rings. The fourth-order valence-electron chi connectivity index (χ4n) is 5.12. The van der Waals surface area contributed by atoms with Crippen molar-refractivity contribution in [3.05, 3.63) is 35.9 Å². The Balaban J connectivity index is 0.00000182. The molecule has 1 aromatic carbocycles. The van der Waals surface area contributed by atoms with Crippen LogP contribution in [0, 0.1) is 5.92 Å². The zero-order chi connectivity index (χ0) is 16.4. The van der Waals surface area contributed by atoms with Crippen LogP contribution in [0.3, 0.4) is 0 Å². The lowest BCUT2D eigenvalue weighted by molar-refractivity contribution is -0.132. The number of piperidine rings is 1. The van der Waals surface area contributed by atoms with Gasteiger partial charge >= 0.3 is 0 Å². The van der Waals surface area contributed by atoms with Crippen LogP contribution in [-0.4, -0.2) is 36.0 Å². The van der Waals surface area contributed by atoms with Gasteiger partial charge in [-0.15, -0.1) is 12.4 Å². The standard InChI is InChI=1S/C21H30N2O.ClH/c24-21(15-16-13-19-8-9-20(14-16)22-19)23-11-4-7-18(10-12-23)17-5-2-1-3-6-17;/h1-3,5-6,16,18-20,22H,4,7-15H2;1H. The summed E-state index contributed by atoms with van der Waals surface area (Å²) in [6.07, 6.45) is 9.31. The summed E-state index contributed by atoms with van der Waals surface area (Å²) in [5.41, 5.74) is 1.45. The monoisotopic (exact) mass is 362 g/mol. The fraction of sp³-hybridized carbons (Fsp3) is 0.667. The van der Waals surface area contributed by atoms with Gasteiger partial charge in [-0.05, 0) is 62.3 Å². The van der Waals surface area contributed by atoms with Gasteiger partial charge in [-0.25, -0.2) is 0 Å². The van der Waals surface area contributed by atoms with Gasteiger partial charge in [-0.1, -0.05) is 30.3 Å². The predicted molar refractivity (Wildman–Crippen MR) is 104 cm³/mol. The number of nitrogens with one attached hydrogen (secondary N) is 1. The van der Waals surface area contributed by atoms with Gasteiger partial charge in [0.2, 0.25) is 5.91 Å². The van der Waals surface area contributed by atoms with E-state index >= 15 is 0 Å². The molecule has 3 heterocycles. The maximum atomic E-state index is 12.8. The number of carbonyl (C=O) groups is 1. The molecule has 3 atom stereocenters. The van der Waals surface area contributed by atoms with Crippen LogP contribution in [0.2, 0.25) is 0 Å². The summed E-state index contributed by atoms with van der Waals surface area (Å²) in [4.78, 5) is 15.0. The number of hydrogen-bond donors (Lipinski definition) is 1. The van der Waals surface area contributed by atoms with Gasteiger partial charge in [0.25, 0.3) is 0 Å². The second-order valence-corrected chi connectivity index (χ2v) is 8.10. The van der Waals surface area contributed by atoms with Crippen molar-refractivity contribution in [2.75, 3.05) is 13.1 Å². The molecule has 3 nitrogen and oxygen atoms in total. The van der Waals surface area contributed by atoms with E-state index in [-0.39, 0.29) is 12.4 Å². The Bertz CT molecular complexity index is 552. The van der Waals surface area contributed by atoms with Crippen molar-refractivity contribution in [1.82, 2.24) is 10.2 Å². The second-order valence-electron chi connectivity index (χ2n) is 8.10. The van der Waals surface area contributed by atoms with E-state index in [0.29, 0.717) is 29.8 Å². The van der Waals surface area contributed by atoms with E-state index in [0.717, 1.165) is 32.4 Å². The topological polar surface area (TPSA) is 32.3 Å². The third-order valence-electron chi connectivity index (χ3n) is 6.39. The zero-order valence-electron chi connectivity index (χ0n) is 15.0. The molecule has 3 aliphatic heterocycles. The Kier molecular flexibility index (Phi) is 6.40. The molecule has 0 saturated carbocycles. The minimum Gasteiger partial charge on any atom is -0.343 e. The van der Waals surface area contributed by atoms with Crippen molar-refractivity contribution in [3.8, 4) is 0 Å². The minimum atomic E-state index is 0. The highest BCUT2D eigenvalue weighted by Gasteiger charge is 2.35. The number of halogens is 1. The van der Waals surface area contributed by atoms with Crippen molar-refractivity contribution in [3.63, 3.8) is 0 Å². The van der Waals surface area contributed by atoms with Crippen LogP contribution in [0.4, 0.5) is 0 Å². The minimum absolute atomic E-state index is 0. The molecule has 0 aromatic heterocycles. The zero-order valence-corrected chi connectivity index (χ0v) is 15.8. The quantitative estimate of drug-likeness (QED) is 0.876. The number of carbonyl (C=O) groups excluding carboxylic acids is 1.